The Bertz CT molecular complexity index is 158. The summed E-state index contributed by atoms with van der Waals surface area (Å²) in [5.41, 5.74) is 0. The van der Waals surface area contributed by atoms with Crippen molar-refractivity contribution in [3.05, 3.63) is 0 Å². The molecule has 2 aliphatic rings. The first-order chi connectivity index (χ1) is 6.85. The molecule has 2 fully saturated rings. The Morgan fingerprint density at radius 2 is 1.64 bits per heavy atom. The standard InChI is InChI=1S/C13H25N/c1-3-5-12(4-2)14-13(10-6-7-10)11-8-9-11/h10-14H,3-9H2,1-2H3. The fourth-order valence-electron chi connectivity index (χ4n) is 2.59. The third-order valence-electron chi connectivity index (χ3n) is 3.82. The number of hydrogen-bond donors (Lipinski definition) is 1. The normalized spacial score (nSPS) is 24.2. The van der Waals surface area contributed by atoms with Gasteiger partial charge in [0.25, 0.3) is 0 Å². The van der Waals surface area contributed by atoms with E-state index in [1.54, 1.807) is 0 Å². The smallest absolute Gasteiger partial charge is 0.0126 e. The summed E-state index contributed by atoms with van der Waals surface area (Å²) in [6.07, 6.45) is 9.99. The third-order valence-corrected chi connectivity index (χ3v) is 3.82. The molecule has 0 bridgehead atoms. The highest BCUT2D eigenvalue weighted by molar-refractivity contribution is 4.97. The van der Waals surface area contributed by atoms with E-state index in [1.165, 1.54) is 44.9 Å². The molecule has 0 radical (unpaired) electrons. The highest BCUT2D eigenvalue weighted by Crippen LogP contribution is 2.44. The Balaban J connectivity index is 1.78. The van der Waals surface area contributed by atoms with E-state index in [-0.39, 0.29) is 0 Å². The van der Waals surface area contributed by atoms with E-state index in [4.69, 9.17) is 0 Å². The molecule has 0 aromatic heterocycles. The SMILES string of the molecule is CCCC(CC)NC(C1CC1)C1CC1. The molecule has 0 amide bonds. The second-order valence-electron chi connectivity index (χ2n) is 5.26. The zero-order valence-electron chi connectivity index (χ0n) is 9.76. The van der Waals surface area contributed by atoms with Gasteiger partial charge in [0.05, 0.1) is 0 Å². The van der Waals surface area contributed by atoms with Crippen LogP contribution in [0.5, 0.6) is 0 Å². The van der Waals surface area contributed by atoms with Crippen LogP contribution in [-0.4, -0.2) is 12.1 Å². The summed E-state index contributed by atoms with van der Waals surface area (Å²) in [4.78, 5) is 0. The minimum Gasteiger partial charge on any atom is -0.311 e. The number of nitrogens with one attached hydrogen (secondary N) is 1. The maximum atomic E-state index is 3.93. The van der Waals surface area contributed by atoms with Gasteiger partial charge in [-0.1, -0.05) is 20.3 Å². The lowest BCUT2D eigenvalue weighted by molar-refractivity contribution is 0.341. The molecular weight excluding hydrogens is 170 g/mol. The van der Waals surface area contributed by atoms with E-state index in [1.807, 2.05) is 0 Å². The van der Waals surface area contributed by atoms with E-state index in [9.17, 15) is 0 Å². The molecule has 0 spiro atoms. The highest BCUT2D eigenvalue weighted by Gasteiger charge is 2.41. The zero-order valence-corrected chi connectivity index (χ0v) is 9.76. The molecular formula is C13H25N. The third kappa shape index (κ3) is 2.73. The summed E-state index contributed by atoms with van der Waals surface area (Å²) in [7, 11) is 0. The van der Waals surface area contributed by atoms with Gasteiger partial charge in [0.15, 0.2) is 0 Å². The fourth-order valence-corrected chi connectivity index (χ4v) is 2.59. The van der Waals surface area contributed by atoms with Gasteiger partial charge >= 0.3 is 0 Å². The van der Waals surface area contributed by atoms with Gasteiger partial charge in [0.2, 0.25) is 0 Å². The predicted octanol–water partition coefficient (Wildman–Crippen LogP) is 3.34. The molecule has 0 aromatic rings. The van der Waals surface area contributed by atoms with Crippen LogP contribution in [0.3, 0.4) is 0 Å². The first-order valence-electron chi connectivity index (χ1n) is 6.61. The molecule has 0 heterocycles. The quantitative estimate of drug-likeness (QED) is 0.657. The molecule has 0 saturated heterocycles. The van der Waals surface area contributed by atoms with Gasteiger partial charge in [-0.15, -0.1) is 0 Å². The largest absolute Gasteiger partial charge is 0.311 e. The van der Waals surface area contributed by atoms with Gasteiger partial charge in [0, 0.05) is 12.1 Å². The highest BCUT2D eigenvalue weighted by atomic mass is 15.0. The van der Waals surface area contributed by atoms with Crippen molar-refractivity contribution in [1.82, 2.24) is 5.32 Å². The summed E-state index contributed by atoms with van der Waals surface area (Å²) < 4.78 is 0. The molecule has 1 heteroatoms. The van der Waals surface area contributed by atoms with Crippen molar-refractivity contribution in [2.24, 2.45) is 11.8 Å². The van der Waals surface area contributed by atoms with Crippen molar-refractivity contribution in [1.29, 1.82) is 0 Å². The average molecular weight is 195 g/mol. The second-order valence-corrected chi connectivity index (χ2v) is 5.26. The van der Waals surface area contributed by atoms with Crippen LogP contribution in [0.2, 0.25) is 0 Å². The molecule has 0 aromatic carbocycles. The number of rotatable bonds is 7. The van der Waals surface area contributed by atoms with Gasteiger partial charge in [-0.3, -0.25) is 0 Å². The minimum atomic E-state index is 0.797. The van der Waals surface area contributed by atoms with Gasteiger partial charge in [0.1, 0.15) is 0 Å². The Hall–Kier alpha value is -0.0400. The predicted molar refractivity (Wildman–Crippen MR) is 61.4 cm³/mol. The topological polar surface area (TPSA) is 12.0 Å². The van der Waals surface area contributed by atoms with Crippen LogP contribution in [0.4, 0.5) is 0 Å². The van der Waals surface area contributed by atoms with Gasteiger partial charge in [-0.2, -0.15) is 0 Å². The molecule has 2 rings (SSSR count). The molecule has 14 heavy (non-hydrogen) atoms. The number of hydrogen-bond acceptors (Lipinski definition) is 1. The van der Waals surface area contributed by atoms with Crippen LogP contribution in [0.1, 0.15) is 58.8 Å². The summed E-state index contributed by atoms with van der Waals surface area (Å²) in [6, 6.07) is 1.69. The molecule has 2 aliphatic carbocycles. The molecule has 1 nitrogen and oxygen atoms in total. The zero-order chi connectivity index (χ0) is 9.97. The Morgan fingerprint density at radius 1 is 1.07 bits per heavy atom. The van der Waals surface area contributed by atoms with Crippen LogP contribution in [0, 0.1) is 11.8 Å². The summed E-state index contributed by atoms with van der Waals surface area (Å²) in [5.74, 6) is 2.10. The molecule has 1 N–H and O–H groups in total. The maximum Gasteiger partial charge on any atom is 0.0126 e. The van der Waals surface area contributed by atoms with Crippen molar-refractivity contribution in [3.63, 3.8) is 0 Å². The summed E-state index contributed by atoms with van der Waals surface area (Å²) in [5, 5.41) is 3.93. The van der Waals surface area contributed by atoms with E-state index in [0.29, 0.717) is 0 Å². The van der Waals surface area contributed by atoms with Crippen LogP contribution in [-0.2, 0) is 0 Å². The monoisotopic (exact) mass is 195 g/mol. The molecule has 82 valence electrons. The van der Waals surface area contributed by atoms with E-state index in [2.05, 4.69) is 19.2 Å². The van der Waals surface area contributed by atoms with Crippen LogP contribution < -0.4 is 5.32 Å². The van der Waals surface area contributed by atoms with Gasteiger partial charge < -0.3 is 5.32 Å². The molecule has 0 aliphatic heterocycles. The van der Waals surface area contributed by atoms with Crippen molar-refractivity contribution in [3.8, 4) is 0 Å². The lowest BCUT2D eigenvalue weighted by Crippen LogP contribution is -2.40. The first-order valence-corrected chi connectivity index (χ1v) is 6.61. The van der Waals surface area contributed by atoms with E-state index < -0.39 is 0 Å². The fraction of sp³-hybridized carbons (Fsp3) is 1.00. The molecule has 2 saturated carbocycles. The van der Waals surface area contributed by atoms with Crippen LogP contribution in [0.25, 0.3) is 0 Å². The van der Waals surface area contributed by atoms with Crippen molar-refractivity contribution >= 4 is 0 Å². The Morgan fingerprint density at radius 3 is 2.00 bits per heavy atom. The summed E-state index contributed by atoms with van der Waals surface area (Å²) in [6.45, 7) is 4.62. The van der Waals surface area contributed by atoms with Crippen LogP contribution in [0.15, 0.2) is 0 Å². The first kappa shape index (κ1) is 10.5. The second kappa shape index (κ2) is 4.65. The molecule has 1 unspecified atom stereocenters. The minimum absolute atomic E-state index is 0.797. The summed E-state index contributed by atoms with van der Waals surface area (Å²) >= 11 is 0. The average Bonchev–Trinajstić information content (AvgIpc) is 3.05. The van der Waals surface area contributed by atoms with E-state index >= 15 is 0 Å². The maximum absolute atomic E-state index is 3.93. The van der Waals surface area contributed by atoms with Crippen LogP contribution >= 0.6 is 0 Å². The Kier molecular flexibility index (Phi) is 3.48. The van der Waals surface area contributed by atoms with Gasteiger partial charge in [-0.25, -0.2) is 0 Å². The van der Waals surface area contributed by atoms with Gasteiger partial charge in [-0.05, 0) is 50.4 Å². The Labute approximate surface area is 88.7 Å². The van der Waals surface area contributed by atoms with Crippen molar-refractivity contribution in [2.75, 3.05) is 0 Å². The lowest BCUT2D eigenvalue weighted by Gasteiger charge is -2.24. The lowest BCUT2D eigenvalue weighted by atomic mass is 10.0. The van der Waals surface area contributed by atoms with E-state index in [0.717, 1.165) is 23.9 Å². The van der Waals surface area contributed by atoms with Crippen molar-refractivity contribution in [2.45, 2.75) is 70.9 Å². The molecule has 1 atom stereocenters. The van der Waals surface area contributed by atoms with Crippen molar-refractivity contribution < 1.29 is 0 Å².